The molecule has 1 aromatic carbocycles. The number of rotatable bonds is 4. The number of benzene rings is 1. The molecule has 1 aliphatic rings. The van der Waals surface area contributed by atoms with Crippen molar-refractivity contribution in [1.29, 1.82) is 0 Å². The first-order valence-corrected chi connectivity index (χ1v) is 10.1. The van der Waals surface area contributed by atoms with Crippen LogP contribution in [0.4, 0.5) is 14.5 Å². The van der Waals surface area contributed by atoms with Crippen LogP contribution in [0.5, 0.6) is 0 Å². The fourth-order valence-electron chi connectivity index (χ4n) is 3.88. The van der Waals surface area contributed by atoms with Crippen molar-refractivity contribution in [3.8, 4) is 11.3 Å². The molecule has 3 heterocycles. The molecule has 1 saturated heterocycles. The molecular weight excluding hydrogens is 426 g/mol. The molecule has 1 aliphatic heterocycles. The number of halogens is 3. The van der Waals surface area contributed by atoms with Crippen LogP contribution in [0.15, 0.2) is 48.7 Å². The van der Waals surface area contributed by atoms with Crippen LogP contribution >= 0.6 is 11.6 Å². The summed E-state index contributed by atoms with van der Waals surface area (Å²) >= 11 is 6.02. The fraction of sp³-hybridized carbons (Fsp3) is 0.273. The fourth-order valence-corrected chi connectivity index (χ4v) is 4.04. The number of aromatic nitrogens is 2. The van der Waals surface area contributed by atoms with Crippen LogP contribution in [0.25, 0.3) is 11.3 Å². The van der Waals surface area contributed by atoms with Gasteiger partial charge < -0.3 is 20.8 Å². The van der Waals surface area contributed by atoms with Crippen LogP contribution in [-0.2, 0) is 12.1 Å². The minimum atomic E-state index is -1.17. The van der Waals surface area contributed by atoms with Gasteiger partial charge in [0, 0.05) is 24.2 Å². The van der Waals surface area contributed by atoms with Crippen LogP contribution in [-0.4, -0.2) is 39.4 Å². The number of hydrogen-bond donors (Lipinski definition) is 3. The van der Waals surface area contributed by atoms with E-state index in [2.05, 4.69) is 9.97 Å². The van der Waals surface area contributed by atoms with Crippen LogP contribution in [0, 0.1) is 11.6 Å². The van der Waals surface area contributed by atoms with Crippen LogP contribution in [0.2, 0.25) is 5.15 Å². The van der Waals surface area contributed by atoms with E-state index in [1.165, 1.54) is 6.07 Å². The molecule has 1 fully saturated rings. The largest absolute Gasteiger partial charge is 0.392 e. The Balaban J connectivity index is 1.68. The van der Waals surface area contributed by atoms with E-state index in [1.54, 1.807) is 30.5 Å². The lowest BCUT2D eigenvalue weighted by Crippen LogP contribution is -2.60. The number of nitrogens with zero attached hydrogens (tertiary/aromatic N) is 3. The second kappa shape index (κ2) is 8.47. The molecule has 0 spiro atoms. The van der Waals surface area contributed by atoms with Crippen molar-refractivity contribution in [3.05, 3.63) is 76.7 Å². The van der Waals surface area contributed by atoms with Gasteiger partial charge in [-0.3, -0.25) is 4.98 Å². The SMILES string of the molecule is NC1(c2cccc(Cl)n2)CN(c2cnc(-c3ccc(F)c(F)c3)cc2CO)CCC1O. The molecule has 31 heavy (non-hydrogen) atoms. The highest BCUT2D eigenvalue weighted by Crippen LogP contribution is 2.34. The molecule has 2 aromatic heterocycles. The molecule has 0 saturated carbocycles. The molecular formula is C22H21ClF2N4O2. The van der Waals surface area contributed by atoms with Gasteiger partial charge in [0.15, 0.2) is 11.6 Å². The molecule has 2 unspecified atom stereocenters. The third-order valence-corrected chi connectivity index (χ3v) is 5.81. The molecule has 4 rings (SSSR count). The lowest BCUT2D eigenvalue weighted by Gasteiger charge is -2.44. The number of aliphatic hydroxyl groups excluding tert-OH is 2. The third-order valence-electron chi connectivity index (χ3n) is 5.60. The predicted molar refractivity (Wildman–Crippen MR) is 113 cm³/mol. The minimum absolute atomic E-state index is 0.223. The van der Waals surface area contributed by atoms with Crippen molar-refractivity contribution in [2.45, 2.75) is 24.7 Å². The molecule has 4 N–H and O–H groups in total. The van der Waals surface area contributed by atoms with E-state index in [0.29, 0.717) is 41.2 Å². The third kappa shape index (κ3) is 4.12. The van der Waals surface area contributed by atoms with Crippen LogP contribution < -0.4 is 10.6 Å². The van der Waals surface area contributed by atoms with Crippen molar-refractivity contribution in [2.75, 3.05) is 18.0 Å². The Labute approximate surface area is 182 Å². The Hall–Kier alpha value is -2.65. The van der Waals surface area contributed by atoms with E-state index in [9.17, 15) is 19.0 Å². The summed E-state index contributed by atoms with van der Waals surface area (Å²) in [5.41, 5.74) is 7.87. The maximum Gasteiger partial charge on any atom is 0.159 e. The summed E-state index contributed by atoms with van der Waals surface area (Å²) in [6.45, 7) is 0.418. The highest BCUT2D eigenvalue weighted by Gasteiger charge is 2.42. The van der Waals surface area contributed by atoms with Crippen molar-refractivity contribution < 1.29 is 19.0 Å². The highest BCUT2D eigenvalue weighted by molar-refractivity contribution is 6.29. The van der Waals surface area contributed by atoms with Gasteiger partial charge in [-0.1, -0.05) is 17.7 Å². The molecule has 9 heteroatoms. The van der Waals surface area contributed by atoms with Gasteiger partial charge in [-0.05, 0) is 42.8 Å². The predicted octanol–water partition coefficient (Wildman–Crippen LogP) is 2.99. The monoisotopic (exact) mass is 446 g/mol. The zero-order valence-corrected chi connectivity index (χ0v) is 17.2. The second-order valence-electron chi connectivity index (χ2n) is 7.60. The molecule has 2 atom stereocenters. The molecule has 0 radical (unpaired) electrons. The van der Waals surface area contributed by atoms with Gasteiger partial charge >= 0.3 is 0 Å². The van der Waals surface area contributed by atoms with Gasteiger partial charge in [-0.25, -0.2) is 13.8 Å². The van der Waals surface area contributed by atoms with Gasteiger partial charge in [0.25, 0.3) is 0 Å². The van der Waals surface area contributed by atoms with Crippen molar-refractivity contribution in [3.63, 3.8) is 0 Å². The zero-order valence-electron chi connectivity index (χ0n) is 16.5. The Bertz CT molecular complexity index is 1120. The zero-order chi connectivity index (χ0) is 22.2. The first-order valence-electron chi connectivity index (χ1n) is 9.72. The number of nitrogens with two attached hydrogens (primary N) is 1. The van der Waals surface area contributed by atoms with Gasteiger partial charge in [-0.15, -0.1) is 0 Å². The lowest BCUT2D eigenvalue weighted by atomic mass is 9.83. The maximum atomic E-state index is 13.6. The Morgan fingerprint density at radius 2 is 2.00 bits per heavy atom. The Morgan fingerprint density at radius 3 is 2.71 bits per heavy atom. The van der Waals surface area contributed by atoms with E-state index < -0.39 is 23.3 Å². The van der Waals surface area contributed by atoms with E-state index in [-0.39, 0.29) is 18.3 Å². The molecule has 6 nitrogen and oxygen atoms in total. The summed E-state index contributed by atoms with van der Waals surface area (Å²) in [6, 6.07) is 10.2. The average Bonchev–Trinajstić information content (AvgIpc) is 2.77. The number of aliphatic hydroxyl groups is 2. The van der Waals surface area contributed by atoms with Crippen molar-refractivity contribution >= 4 is 17.3 Å². The topological polar surface area (TPSA) is 95.5 Å². The van der Waals surface area contributed by atoms with Gasteiger partial charge in [0.2, 0.25) is 0 Å². The number of hydrogen-bond acceptors (Lipinski definition) is 6. The minimum Gasteiger partial charge on any atom is -0.392 e. The maximum absolute atomic E-state index is 13.6. The Morgan fingerprint density at radius 1 is 1.19 bits per heavy atom. The molecule has 0 bridgehead atoms. The van der Waals surface area contributed by atoms with Gasteiger partial charge in [-0.2, -0.15) is 0 Å². The van der Waals surface area contributed by atoms with E-state index >= 15 is 0 Å². The smallest absolute Gasteiger partial charge is 0.159 e. The van der Waals surface area contributed by atoms with Crippen LogP contribution in [0.3, 0.4) is 0 Å². The summed E-state index contributed by atoms with van der Waals surface area (Å²) in [6.07, 6.45) is 1.10. The Kier molecular flexibility index (Phi) is 5.90. The summed E-state index contributed by atoms with van der Waals surface area (Å²) in [5.74, 6) is -1.91. The summed E-state index contributed by atoms with van der Waals surface area (Å²) < 4.78 is 26.9. The summed E-state index contributed by atoms with van der Waals surface area (Å²) in [5, 5.41) is 20.9. The number of piperidine rings is 1. The average molecular weight is 447 g/mol. The molecule has 3 aromatic rings. The summed E-state index contributed by atoms with van der Waals surface area (Å²) in [7, 11) is 0. The normalized spacial score (nSPS) is 21.4. The van der Waals surface area contributed by atoms with E-state index in [4.69, 9.17) is 17.3 Å². The van der Waals surface area contributed by atoms with E-state index in [0.717, 1.165) is 12.1 Å². The first kappa shape index (κ1) is 21.6. The highest BCUT2D eigenvalue weighted by atomic mass is 35.5. The van der Waals surface area contributed by atoms with E-state index in [1.807, 2.05) is 4.90 Å². The second-order valence-corrected chi connectivity index (χ2v) is 7.98. The molecule has 162 valence electrons. The molecule has 0 aliphatic carbocycles. The number of anilines is 1. The van der Waals surface area contributed by atoms with Gasteiger partial charge in [0.1, 0.15) is 10.7 Å². The number of pyridine rings is 2. The van der Waals surface area contributed by atoms with Gasteiger partial charge in [0.05, 0.1) is 36.0 Å². The summed E-state index contributed by atoms with van der Waals surface area (Å²) in [4.78, 5) is 10.6. The lowest BCUT2D eigenvalue weighted by molar-refractivity contribution is 0.0614. The molecule has 0 amide bonds. The quantitative estimate of drug-likeness (QED) is 0.533. The first-order chi connectivity index (χ1) is 14.8. The van der Waals surface area contributed by atoms with Crippen molar-refractivity contribution in [1.82, 2.24) is 9.97 Å². The van der Waals surface area contributed by atoms with Crippen molar-refractivity contribution in [2.24, 2.45) is 5.73 Å². The van der Waals surface area contributed by atoms with Crippen LogP contribution in [0.1, 0.15) is 17.7 Å². The standard InChI is InChI=1S/C22H21ClF2N4O2/c23-21-3-1-2-19(28-21)22(26)12-29(7-6-20(22)31)18-10-27-17(9-14(18)11-30)13-4-5-15(24)16(25)8-13/h1-5,8-10,20,30-31H,6-7,11-12,26H2.